The molecular formula is C23H24ClNO3. The van der Waals surface area contributed by atoms with E-state index in [1.165, 1.54) is 0 Å². The molecule has 0 aliphatic heterocycles. The van der Waals surface area contributed by atoms with Crippen molar-refractivity contribution in [2.24, 2.45) is 5.92 Å². The lowest BCUT2D eigenvalue weighted by Gasteiger charge is -2.14. The Morgan fingerprint density at radius 2 is 1.75 bits per heavy atom. The summed E-state index contributed by atoms with van der Waals surface area (Å²) in [4.78, 5) is 25.3. The van der Waals surface area contributed by atoms with Crippen LogP contribution in [0.25, 0.3) is 22.1 Å². The summed E-state index contributed by atoms with van der Waals surface area (Å²) >= 11 is 5.99. The minimum atomic E-state index is -0.0904. The molecule has 146 valence electrons. The normalized spacial score (nSPS) is 11.4. The Kier molecular flexibility index (Phi) is 5.90. The lowest BCUT2D eigenvalue weighted by molar-refractivity contribution is -0.116. The first-order chi connectivity index (χ1) is 13.3. The van der Waals surface area contributed by atoms with Crippen LogP contribution in [0.3, 0.4) is 0 Å². The fraction of sp³-hybridized carbons (Fsp3) is 0.304. The Morgan fingerprint density at radius 3 is 2.36 bits per heavy atom. The maximum atomic E-state index is 13.2. The maximum absolute atomic E-state index is 13.2. The first-order valence-electron chi connectivity index (χ1n) is 9.42. The van der Waals surface area contributed by atoms with Crippen LogP contribution < -0.4 is 10.7 Å². The van der Waals surface area contributed by atoms with Gasteiger partial charge in [0, 0.05) is 29.1 Å². The van der Waals surface area contributed by atoms with Crippen molar-refractivity contribution < 1.29 is 9.21 Å². The first kappa shape index (κ1) is 20.2. The second-order valence-electron chi connectivity index (χ2n) is 7.69. The zero-order valence-corrected chi connectivity index (χ0v) is 17.3. The van der Waals surface area contributed by atoms with Gasteiger partial charge in [-0.15, -0.1) is 0 Å². The molecule has 1 aromatic heterocycles. The van der Waals surface area contributed by atoms with Crippen molar-refractivity contribution in [3.63, 3.8) is 0 Å². The van der Waals surface area contributed by atoms with E-state index in [2.05, 4.69) is 5.32 Å². The lowest BCUT2D eigenvalue weighted by atomic mass is 9.97. The van der Waals surface area contributed by atoms with E-state index >= 15 is 0 Å². The van der Waals surface area contributed by atoms with Gasteiger partial charge in [0.25, 0.3) is 0 Å². The van der Waals surface area contributed by atoms with Crippen LogP contribution in [-0.4, -0.2) is 5.91 Å². The van der Waals surface area contributed by atoms with Crippen LogP contribution in [0.15, 0.2) is 51.7 Å². The summed E-state index contributed by atoms with van der Waals surface area (Å²) in [5, 5.41) is 3.97. The van der Waals surface area contributed by atoms with Crippen molar-refractivity contribution >= 4 is 34.2 Å². The van der Waals surface area contributed by atoms with Crippen molar-refractivity contribution in [1.82, 2.24) is 0 Å². The SMILES string of the molecule is CC(C)CC(=O)Nc1ccc2c(=O)c(-c3ccc(Cl)cc3)c(C(C)C)oc2c1. The van der Waals surface area contributed by atoms with Gasteiger partial charge in [-0.3, -0.25) is 9.59 Å². The van der Waals surface area contributed by atoms with Crippen molar-refractivity contribution in [3.8, 4) is 11.1 Å². The average molecular weight is 398 g/mol. The van der Waals surface area contributed by atoms with Crippen LogP contribution in [0.5, 0.6) is 0 Å². The Bertz CT molecular complexity index is 1070. The van der Waals surface area contributed by atoms with Gasteiger partial charge in [-0.1, -0.05) is 51.4 Å². The molecule has 0 fully saturated rings. The van der Waals surface area contributed by atoms with Gasteiger partial charge < -0.3 is 9.73 Å². The van der Waals surface area contributed by atoms with E-state index in [1.807, 2.05) is 39.8 Å². The molecule has 1 amide bonds. The second kappa shape index (κ2) is 8.19. The number of benzene rings is 2. The molecule has 5 heteroatoms. The van der Waals surface area contributed by atoms with E-state index in [9.17, 15) is 9.59 Å². The van der Waals surface area contributed by atoms with E-state index in [0.29, 0.717) is 39.4 Å². The zero-order chi connectivity index (χ0) is 20.4. The van der Waals surface area contributed by atoms with Gasteiger partial charge in [-0.25, -0.2) is 0 Å². The highest BCUT2D eigenvalue weighted by Gasteiger charge is 2.19. The van der Waals surface area contributed by atoms with Gasteiger partial charge >= 0.3 is 0 Å². The summed E-state index contributed by atoms with van der Waals surface area (Å²) in [5.41, 5.74) is 2.32. The number of carbonyl (C=O) groups excluding carboxylic acids is 1. The third kappa shape index (κ3) is 4.28. The summed E-state index contributed by atoms with van der Waals surface area (Å²) in [6, 6.07) is 12.3. The molecule has 3 rings (SSSR count). The predicted octanol–water partition coefficient (Wildman–Crippen LogP) is 6.22. The fourth-order valence-corrected chi connectivity index (χ4v) is 3.29. The van der Waals surface area contributed by atoms with Crippen LogP contribution in [-0.2, 0) is 4.79 Å². The van der Waals surface area contributed by atoms with Crippen molar-refractivity contribution in [1.29, 1.82) is 0 Å². The molecule has 1 N–H and O–H groups in total. The summed E-state index contributed by atoms with van der Waals surface area (Å²) in [7, 11) is 0. The largest absolute Gasteiger partial charge is 0.460 e. The number of carbonyl (C=O) groups is 1. The van der Waals surface area contributed by atoms with E-state index in [0.717, 1.165) is 5.56 Å². The van der Waals surface area contributed by atoms with E-state index in [4.69, 9.17) is 16.0 Å². The maximum Gasteiger partial charge on any atom is 0.224 e. The van der Waals surface area contributed by atoms with Gasteiger partial charge in [0.15, 0.2) is 0 Å². The number of hydrogen-bond acceptors (Lipinski definition) is 3. The molecule has 0 radical (unpaired) electrons. The highest BCUT2D eigenvalue weighted by atomic mass is 35.5. The molecule has 28 heavy (non-hydrogen) atoms. The number of hydrogen-bond donors (Lipinski definition) is 1. The zero-order valence-electron chi connectivity index (χ0n) is 16.5. The number of halogens is 1. The second-order valence-corrected chi connectivity index (χ2v) is 8.13. The Labute approximate surface area is 169 Å². The highest BCUT2D eigenvalue weighted by molar-refractivity contribution is 6.30. The molecule has 0 spiro atoms. The summed E-state index contributed by atoms with van der Waals surface area (Å²) in [5.74, 6) is 0.846. The molecule has 2 aromatic carbocycles. The molecule has 0 aliphatic carbocycles. The third-order valence-corrected chi connectivity index (χ3v) is 4.71. The topological polar surface area (TPSA) is 59.3 Å². The van der Waals surface area contributed by atoms with Gasteiger partial charge in [0.05, 0.1) is 10.9 Å². The molecular weight excluding hydrogens is 374 g/mol. The van der Waals surface area contributed by atoms with Crippen LogP contribution >= 0.6 is 11.6 Å². The lowest BCUT2D eigenvalue weighted by Crippen LogP contribution is -2.14. The van der Waals surface area contributed by atoms with Crippen molar-refractivity contribution in [2.75, 3.05) is 5.32 Å². The number of anilines is 1. The van der Waals surface area contributed by atoms with Gasteiger partial charge in [0.1, 0.15) is 11.3 Å². The number of amides is 1. The molecule has 3 aromatic rings. The quantitative estimate of drug-likeness (QED) is 0.555. The van der Waals surface area contributed by atoms with Crippen LogP contribution in [0.4, 0.5) is 5.69 Å². The van der Waals surface area contributed by atoms with Crippen LogP contribution in [0.1, 0.15) is 45.8 Å². The van der Waals surface area contributed by atoms with E-state index in [-0.39, 0.29) is 23.2 Å². The predicted molar refractivity (Wildman–Crippen MR) is 115 cm³/mol. The summed E-state index contributed by atoms with van der Waals surface area (Å²) < 4.78 is 6.14. The molecule has 0 unspecified atom stereocenters. The summed E-state index contributed by atoms with van der Waals surface area (Å²) in [6.45, 7) is 7.95. The molecule has 0 saturated heterocycles. The van der Waals surface area contributed by atoms with Gasteiger partial charge in [-0.05, 0) is 35.7 Å². The van der Waals surface area contributed by atoms with E-state index in [1.54, 1.807) is 30.3 Å². The third-order valence-electron chi connectivity index (χ3n) is 4.45. The van der Waals surface area contributed by atoms with E-state index < -0.39 is 0 Å². The molecule has 0 saturated carbocycles. The number of rotatable bonds is 5. The first-order valence-corrected chi connectivity index (χ1v) is 9.80. The smallest absolute Gasteiger partial charge is 0.224 e. The number of fused-ring (bicyclic) bond motifs is 1. The fourth-order valence-electron chi connectivity index (χ4n) is 3.17. The molecule has 4 nitrogen and oxygen atoms in total. The molecule has 1 heterocycles. The average Bonchev–Trinajstić information content (AvgIpc) is 2.61. The van der Waals surface area contributed by atoms with Crippen LogP contribution in [0, 0.1) is 5.92 Å². The Hall–Kier alpha value is -2.59. The molecule has 0 atom stereocenters. The Balaban J connectivity index is 2.11. The minimum absolute atomic E-state index is 0.0157. The van der Waals surface area contributed by atoms with Gasteiger partial charge in [-0.2, -0.15) is 0 Å². The highest BCUT2D eigenvalue weighted by Crippen LogP contribution is 2.31. The van der Waals surface area contributed by atoms with Crippen molar-refractivity contribution in [2.45, 2.75) is 40.0 Å². The van der Waals surface area contributed by atoms with Gasteiger partial charge in [0.2, 0.25) is 11.3 Å². The standard InChI is InChI=1S/C23H24ClNO3/c1-13(2)11-20(26)25-17-9-10-18-19(12-17)28-23(14(3)4)21(22(18)27)15-5-7-16(24)8-6-15/h5-10,12-14H,11H2,1-4H3,(H,25,26). The van der Waals surface area contributed by atoms with Crippen molar-refractivity contribution in [3.05, 3.63) is 63.5 Å². The number of nitrogens with one attached hydrogen (secondary N) is 1. The monoisotopic (exact) mass is 397 g/mol. The Morgan fingerprint density at radius 1 is 1.07 bits per heavy atom. The van der Waals surface area contributed by atoms with Crippen LogP contribution in [0.2, 0.25) is 5.02 Å². The molecule has 0 bridgehead atoms. The summed E-state index contributed by atoms with van der Waals surface area (Å²) in [6.07, 6.45) is 0.439. The molecule has 0 aliphatic rings. The minimum Gasteiger partial charge on any atom is -0.460 e.